The summed E-state index contributed by atoms with van der Waals surface area (Å²) in [4.78, 5) is 20.2. The van der Waals surface area contributed by atoms with Crippen molar-refractivity contribution in [3.63, 3.8) is 0 Å². The maximum atomic E-state index is 11.0. The average molecular weight is 246 g/mol. The quantitative estimate of drug-likeness (QED) is 0.237. The summed E-state index contributed by atoms with van der Waals surface area (Å²) in [5, 5.41) is 0. The SMILES string of the molecule is CCCCCCOOC(=O)OCCCCCC. The summed E-state index contributed by atoms with van der Waals surface area (Å²) in [6.45, 7) is 5.15. The molecule has 0 aliphatic rings. The van der Waals surface area contributed by atoms with Crippen LogP contribution in [-0.2, 0) is 14.5 Å². The van der Waals surface area contributed by atoms with E-state index in [2.05, 4.69) is 18.7 Å². The summed E-state index contributed by atoms with van der Waals surface area (Å²) in [7, 11) is 0. The van der Waals surface area contributed by atoms with Gasteiger partial charge in [-0.05, 0) is 12.8 Å². The molecule has 17 heavy (non-hydrogen) atoms. The molecule has 0 aromatic heterocycles. The topological polar surface area (TPSA) is 44.8 Å². The van der Waals surface area contributed by atoms with Gasteiger partial charge in [0.15, 0.2) is 0 Å². The molecule has 0 spiro atoms. The molecule has 102 valence electrons. The van der Waals surface area contributed by atoms with Gasteiger partial charge in [0, 0.05) is 0 Å². The van der Waals surface area contributed by atoms with Crippen LogP contribution in [0, 0.1) is 0 Å². The highest BCUT2D eigenvalue weighted by atomic mass is 17.2. The van der Waals surface area contributed by atoms with Crippen LogP contribution in [0.4, 0.5) is 4.79 Å². The van der Waals surface area contributed by atoms with Gasteiger partial charge in [-0.1, -0.05) is 52.4 Å². The van der Waals surface area contributed by atoms with Crippen LogP contribution >= 0.6 is 0 Å². The second kappa shape index (κ2) is 13.3. The van der Waals surface area contributed by atoms with Crippen LogP contribution in [0.15, 0.2) is 0 Å². The highest BCUT2D eigenvalue weighted by molar-refractivity contribution is 5.58. The summed E-state index contributed by atoms with van der Waals surface area (Å²) in [6, 6.07) is 0. The third kappa shape index (κ3) is 13.2. The summed E-state index contributed by atoms with van der Waals surface area (Å²) in [6.07, 6.45) is 7.98. The molecule has 0 atom stereocenters. The number of unbranched alkanes of at least 4 members (excludes halogenated alkanes) is 6. The Kier molecular flexibility index (Phi) is 12.7. The summed E-state index contributed by atoms with van der Waals surface area (Å²) >= 11 is 0. The lowest BCUT2D eigenvalue weighted by molar-refractivity contribution is -0.255. The molecular weight excluding hydrogens is 220 g/mol. The molecule has 0 N–H and O–H groups in total. The van der Waals surface area contributed by atoms with E-state index in [0.717, 1.165) is 25.7 Å². The van der Waals surface area contributed by atoms with Crippen LogP contribution in [-0.4, -0.2) is 19.4 Å². The molecule has 0 amide bonds. The van der Waals surface area contributed by atoms with E-state index in [-0.39, 0.29) is 0 Å². The normalized spacial score (nSPS) is 10.2. The molecule has 0 radical (unpaired) electrons. The molecule has 0 aliphatic heterocycles. The van der Waals surface area contributed by atoms with Crippen molar-refractivity contribution in [2.45, 2.75) is 65.2 Å². The second-order valence-electron chi connectivity index (χ2n) is 4.13. The maximum absolute atomic E-state index is 11.0. The number of ether oxygens (including phenoxy) is 1. The molecular formula is C13H26O4. The van der Waals surface area contributed by atoms with E-state index in [1.54, 1.807) is 0 Å². The molecule has 4 heteroatoms. The minimum atomic E-state index is -0.725. The number of carbonyl (C=O) groups is 1. The molecule has 0 heterocycles. The van der Waals surface area contributed by atoms with Gasteiger partial charge in [-0.15, -0.1) is 0 Å². The van der Waals surface area contributed by atoms with Gasteiger partial charge in [-0.2, -0.15) is 4.89 Å². The Labute approximate surface area is 105 Å². The van der Waals surface area contributed by atoms with Crippen molar-refractivity contribution in [2.75, 3.05) is 13.2 Å². The summed E-state index contributed by atoms with van der Waals surface area (Å²) < 4.78 is 4.83. The lowest BCUT2D eigenvalue weighted by Gasteiger charge is -2.04. The Balaban J connectivity index is 3.12. The van der Waals surface area contributed by atoms with Crippen LogP contribution in [0.25, 0.3) is 0 Å². The largest absolute Gasteiger partial charge is 0.540 e. The predicted octanol–water partition coefficient (Wildman–Crippen LogP) is 4.23. The van der Waals surface area contributed by atoms with Crippen LogP contribution in [0.2, 0.25) is 0 Å². The Morgan fingerprint density at radius 2 is 1.41 bits per heavy atom. The van der Waals surface area contributed by atoms with Gasteiger partial charge < -0.3 is 4.74 Å². The lowest BCUT2D eigenvalue weighted by Crippen LogP contribution is -2.09. The minimum absolute atomic E-state index is 0.415. The van der Waals surface area contributed by atoms with Crippen LogP contribution in [0.1, 0.15) is 65.2 Å². The van der Waals surface area contributed by atoms with Gasteiger partial charge in [0.2, 0.25) is 0 Å². The zero-order valence-corrected chi connectivity index (χ0v) is 11.2. The molecule has 0 unspecified atom stereocenters. The fourth-order valence-electron chi connectivity index (χ4n) is 1.39. The predicted molar refractivity (Wildman–Crippen MR) is 66.7 cm³/mol. The fraction of sp³-hybridized carbons (Fsp3) is 0.923. The smallest absolute Gasteiger partial charge is 0.432 e. The molecule has 0 aromatic rings. The van der Waals surface area contributed by atoms with E-state index in [1.165, 1.54) is 25.7 Å². The molecule has 0 aromatic carbocycles. The number of hydrogen-bond acceptors (Lipinski definition) is 4. The molecule has 0 saturated heterocycles. The highest BCUT2D eigenvalue weighted by Gasteiger charge is 2.04. The van der Waals surface area contributed by atoms with Crippen molar-refractivity contribution in [1.82, 2.24) is 0 Å². The van der Waals surface area contributed by atoms with E-state index in [9.17, 15) is 4.79 Å². The van der Waals surface area contributed by atoms with Crippen molar-refractivity contribution in [2.24, 2.45) is 0 Å². The standard InChI is InChI=1S/C13H26O4/c1-3-5-7-9-11-15-13(14)17-16-12-10-8-6-4-2/h3-12H2,1-2H3. The zero-order chi connectivity index (χ0) is 12.8. The Morgan fingerprint density at radius 3 is 2.00 bits per heavy atom. The maximum Gasteiger partial charge on any atom is 0.540 e. The first-order valence-corrected chi connectivity index (χ1v) is 6.77. The Morgan fingerprint density at radius 1 is 0.824 bits per heavy atom. The third-order valence-corrected chi connectivity index (χ3v) is 2.43. The number of hydrogen-bond donors (Lipinski definition) is 0. The van der Waals surface area contributed by atoms with E-state index in [0.29, 0.717) is 13.2 Å². The van der Waals surface area contributed by atoms with Crippen molar-refractivity contribution >= 4 is 6.16 Å². The lowest BCUT2D eigenvalue weighted by atomic mass is 10.2. The Bertz CT molecular complexity index is 171. The van der Waals surface area contributed by atoms with Gasteiger partial charge in [-0.25, -0.2) is 4.79 Å². The first kappa shape index (κ1) is 16.2. The van der Waals surface area contributed by atoms with Gasteiger partial charge in [-0.3, -0.25) is 4.89 Å². The van der Waals surface area contributed by atoms with Gasteiger partial charge >= 0.3 is 6.16 Å². The molecule has 4 nitrogen and oxygen atoms in total. The first-order chi connectivity index (χ1) is 8.31. The van der Waals surface area contributed by atoms with Crippen molar-refractivity contribution in [3.8, 4) is 0 Å². The molecule has 0 aliphatic carbocycles. The molecule has 0 bridgehead atoms. The zero-order valence-electron chi connectivity index (χ0n) is 11.2. The monoisotopic (exact) mass is 246 g/mol. The van der Waals surface area contributed by atoms with E-state index in [4.69, 9.17) is 9.62 Å². The fourth-order valence-corrected chi connectivity index (χ4v) is 1.39. The first-order valence-electron chi connectivity index (χ1n) is 6.77. The van der Waals surface area contributed by atoms with Gasteiger partial charge in [0.1, 0.15) is 0 Å². The van der Waals surface area contributed by atoms with E-state index in [1.807, 2.05) is 0 Å². The van der Waals surface area contributed by atoms with E-state index < -0.39 is 6.16 Å². The van der Waals surface area contributed by atoms with Gasteiger partial charge in [0.25, 0.3) is 0 Å². The number of rotatable bonds is 11. The van der Waals surface area contributed by atoms with Gasteiger partial charge in [0.05, 0.1) is 13.2 Å². The number of carbonyl (C=O) groups excluding carboxylic acids is 1. The van der Waals surface area contributed by atoms with E-state index >= 15 is 0 Å². The minimum Gasteiger partial charge on any atom is -0.432 e. The summed E-state index contributed by atoms with van der Waals surface area (Å²) in [5.41, 5.74) is 0. The molecule has 0 rings (SSSR count). The van der Waals surface area contributed by atoms with Crippen molar-refractivity contribution in [1.29, 1.82) is 0 Å². The van der Waals surface area contributed by atoms with Crippen molar-refractivity contribution < 1.29 is 19.3 Å². The van der Waals surface area contributed by atoms with Crippen LogP contribution < -0.4 is 0 Å². The van der Waals surface area contributed by atoms with Crippen LogP contribution in [0.3, 0.4) is 0 Å². The Hall–Kier alpha value is -0.770. The average Bonchev–Trinajstić information content (AvgIpc) is 2.33. The highest BCUT2D eigenvalue weighted by Crippen LogP contribution is 2.01. The van der Waals surface area contributed by atoms with Crippen molar-refractivity contribution in [3.05, 3.63) is 0 Å². The summed E-state index contributed by atoms with van der Waals surface area (Å²) in [5.74, 6) is 0. The second-order valence-corrected chi connectivity index (χ2v) is 4.13. The molecule has 0 saturated carbocycles. The van der Waals surface area contributed by atoms with Crippen LogP contribution in [0.5, 0.6) is 0 Å². The third-order valence-electron chi connectivity index (χ3n) is 2.43. The molecule has 0 fully saturated rings.